The fourth-order valence-electron chi connectivity index (χ4n) is 2.94. The summed E-state index contributed by atoms with van der Waals surface area (Å²) in [6.45, 7) is 7.56. The summed E-state index contributed by atoms with van der Waals surface area (Å²) in [6.07, 6.45) is 2.41. The minimum atomic E-state index is 0.188. The Bertz CT molecular complexity index is 482. The minimum Gasteiger partial charge on any atom is -0.409 e. The minimum absolute atomic E-state index is 0.188. The van der Waals surface area contributed by atoms with E-state index in [0.717, 1.165) is 23.4 Å². The van der Waals surface area contributed by atoms with Crippen molar-refractivity contribution in [2.75, 3.05) is 11.4 Å². The van der Waals surface area contributed by atoms with E-state index in [0.29, 0.717) is 12.0 Å². The van der Waals surface area contributed by atoms with Gasteiger partial charge in [-0.05, 0) is 37.8 Å². The number of hydrogen-bond donors (Lipinski definition) is 2. The molecule has 0 saturated carbocycles. The molecular weight excluding hydrogens is 238 g/mol. The number of benzene rings is 1. The molecule has 4 heteroatoms. The van der Waals surface area contributed by atoms with E-state index in [1.54, 1.807) is 0 Å². The van der Waals surface area contributed by atoms with Crippen LogP contribution in [0.5, 0.6) is 0 Å². The lowest BCUT2D eigenvalue weighted by Gasteiger charge is -2.31. The molecule has 0 spiro atoms. The first kappa shape index (κ1) is 13.7. The van der Waals surface area contributed by atoms with Crippen LogP contribution in [0.2, 0.25) is 0 Å². The van der Waals surface area contributed by atoms with E-state index in [9.17, 15) is 0 Å². The van der Waals surface area contributed by atoms with Gasteiger partial charge in [-0.1, -0.05) is 30.6 Å². The van der Waals surface area contributed by atoms with Crippen LogP contribution in [-0.2, 0) is 0 Å². The second kappa shape index (κ2) is 5.51. The summed E-state index contributed by atoms with van der Waals surface area (Å²) < 4.78 is 0. The van der Waals surface area contributed by atoms with Gasteiger partial charge in [0.05, 0.1) is 0 Å². The Hall–Kier alpha value is -1.71. The third kappa shape index (κ3) is 2.67. The fourth-order valence-corrected chi connectivity index (χ4v) is 2.94. The largest absolute Gasteiger partial charge is 0.409 e. The summed E-state index contributed by atoms with van der Waals surface area (Å²) in [5.41, 5.74) is 8.85. The van der Waals surface area contributed by atoms with Crippen LogP contribution < -0.4 is 10.6 Å². The highest BCUT2D eigenvalue weighted by Crippen LogP contribution is 2.32. The van der Waals surface area contributed by atoms with E-state index in [1.807, 2.05) is 13.0 Å². The molecular formula is C15H23N3O. The van der Waals surface area contributed by atoms with Crippen LogP contribution in [0.4, 0.5) is 5.69 Å². The number of nitrogens with zero attached hydrogens (tertiary/aromatic N) is 2. The molecule has 1 heterocycles. The number of nitrogens with two attached hydrogens (primary N) is 1. The Morgan fingerprint density at radius 2 is 2.21 bits per heavy atom. The highest BCUT2D eigenvalue weighted by Gasteiger charge is 2.29. The summed E-state index contributed by atoms with van der Waals surface area (Å²) in [7, 11) is 0. The average molecular weight is 261 g/mol. The molecule has 3 N–H and O–H groups in total. The molecule has 0 aromatic heterocycles. The van der Waals surface area contributed by atoms with Crippen LogP contribution in [0.25, 0.3) is 0 Å². The summed E-state index contributed by atoms with van der Waals surface area (Å²) in [5, 5.41) is 12.1. The lowest BCUT2D eigenvalue weighted by atomic mass is 10.00. The van der Waals surface area contributed by atoms with Crippen LogP contribution >= 0.6 is 0 Å². The molecule has 0 amide bonds. The van der Waals surface area contributed by atoms with Crippen molar-refractivity contribution in [2.45, 2.75) is 39.7 Å². The third-order valence-corrected chi connectivity index (χ3v) is 3.91. The van der Waals surface area contributed by atoms with E-state index in [-0.39, 0.29) is 5.84 Å². The number of anilines is 1. The lowest BCUT2D eigenvalue weighted by molar-refractivity contribution is 0.318. The van der Waals surface area contributed by atoms with E-state index < -0.39 is 0 Å². The standard InChI is InChI=1S/C15H23N3O/c1-10(2)13-5-4-8-18(13)14-7-6-11(3)9-12(14)15(16)17-19/h6-7,9-10,13,19H,4-5,8H2,1-3H3,(H2,16,17). The normalized spacial score (nSPS) is 20.3. The van der Waals surface area contributed by atoms with Crippen molar-refractivity contribution >= 4 is 11.5 Å². The van der Waals surface area contributed by atoms with Crippen LogP contribution in [0.15, 0.2) is 23.4 Å². The monoisotopic (exact) mass is 261 g/mol. The van der Waals surface area contributed by atoms with Crippen molar-refractivity contribution < 1.29 is 5.21 Å². The fraction of sp³-hybridized carbons (Fsp3) is 0.533. The van der Waals surface area contributed by atoms with Gasteiger partial charge in [0, 0.05) is 23.8 Å². The van der Waals surface area contributed by atoms with Crippen LogP contribution in [-0.4, -0.2) is 23.6 Å². The lowest BCUT2D eigenvalue weighted by Crippen LogP contribution is -2.35. The van der Waals surface area contributed by atoms with Gasteiger partial charge in [0.1, 0.15) is 0 Å². The molecule has 19 heavy (non-hydrogen) atoms. The maximum absolute atomic E-state index is 8.97. The van der Waals surface area contributed by atoms with Gasteiger partial charge in [-0.15, -0.1) is 0 Å². The predicted octanol–water partition coefficient (Wildman–Crippen LogP) is 2.71. The quantitative estimate of drug-likeness (QED) is 0.380. The van der Waals surface area contributed by atoms with Crippen molar-refractivity contribution in [2.24, 2.45) is 16.8 Å². The maximum atomic E-state index is 8.97. The maximum Gasteiger partial charge on any atom is 0.172 e. The Balaban J connectivity index is 2.44. The number of amidine groups is 1. The van der Waals surface area contributed by atoms with E-state index in [1.165, 1.54) is 12.8 Å². The molecule has 0 aliphatic carbocycles. The number of hydrogen-bond acceptors (Lipinski definition) is 3. The van der Waals surface area contributed by atoms with Gasteiger partial charge in [-0.2, -0.15) is 0 Å². The van der Waals surface area contributed by atoms with E-state index >= 15 is 0 Å². The molecule has 104 valence electrons. The van der Waals surface area contributed by atoms with Gasteiger partial charge in [0.2, 0.25) is 0 Å². The first-order valence-electron chi connectivity index (χ1n) is 6.89. The van der Waals surface area contributed by atoms with Crippen molar-refractivity contribution in [3.8, 4) is 0 Å². The summed E-state index contributed by atoms with van der Waals surface area (Å²) in [6, 6.07) is 6.69. The number of rotatable bonds is 3. The molecule has 0 radical (unpaired) electrons. The van der Waals surface area contributed by atoms with Crippen molar-refractivity contribution in [1.82, 2.24) is 0 Å². The van der Waals surface area contributed by atoms with Gasteiger partial charge >= 0.3 is 0 Å². The molecule has 1 aliphatic heterocycles. The Kier molecular flexibility index (Phi) is 3.98. The zero-order valence-corrected chi connectivity index (χ0v) is 11.9. The topological polar surface area (TPSA) is 61.8 Å². The SMILES string of the molecule is Cc1ccc(N2CCCC2C(C)C)c(/C(N)=N/O)c1. The molecule has 1 aromatic rings. The van der Waals surface area contributed by atoms with Gasteiger partial charge in [0.25, 0.3) is 0 Å². The van der Waals surface area contributed by atoms with Crippen molar-refractivity contribution in [3.63, 3.8) is 0 Å². The van der Waals surface area contributed by atoms with Gasteiger partial charge in [-0.25, -0.2) is 0 Å². The third-order valence-electron chi connectivity index (χ3n) is 3.91. The van der Waals surface area contributed by atoms with Gasteiger partial charge in [0.15, 0.2) is 5.84 Å². The molecule has 2 rings (SSSR count). The zero-order valence-electron chi connectivity index (χ0n) is 11.9. The first-order valence-corrected chi connectivity index (χ1v) is 6.89. The van der Waals surface area contributed by atoms with Crippen LogP contribution in [0.1, 0.15) is 37.8 Å². The highest BCUT2D eigenvalue weighted by molar-refractivity contribution is 6.02. The summed E-state index contributed by atoms with van der Waals surface area (Å²) >= 11 is 0. The average Bonchev–Trinajstić information content (AvgIpc) is 2.87. The van der Waals surface area contributed by atoms with Crippen LogP contribution in [0.3, 0.4) is 0 Å². The predicted molar refractivity (Wildman–Crippen MR) is 78.9 cm³/mol. The van der Waals surface area contributed by atoms with E-state index in [2.05, 4.69) is 36.0 Å². The van der Waals surface area contributed by atoms with Crippen LogP contribution in [0, 0.1) is 12.8 Å². The Morgan fingerprint density at radius 3 is 2.84 bits per heavy atom. The number of oxime groups is 1. The number of aryl methyl sites for hydroxylation is 1. The molecule has 1 fully saturated rings. The highest BCUT2D eigenvalue weighted by atomic mass is 16.4. The second-order valence-electron chi connectivity index (χ2n) is 5.65. The Morgan fingerprint density at radius 1 is 1.47 bits per heavy atom. The molecule has 0 bridgehead atoms. The van der Waals surface area contributed by atoms with Gasteiger partial charge < -0.3 is 15.8 Å². The molecule has 1 atom stereocenters. The summed E-state index contributed by atoms with van der Waals surface area (Å²) in [5.74, 6) is 0.789. The zero-order chi connectivity index (χ0) is 14.0. The van der Waals surface area contributed by atoms with Crippen molar-refractivity contribution in [1.29, 1.82) is 0 Å². The first-order chi connectivity index (χ1) is 9.04. The molecule has 4 nitrogen and oxygen atoms in total. The smallest absolute Gasteiger partial charge is 0.172 e. The second-order valence-corrected chi connectivity index (χ2v) is 5.65. The van der Waals surface area contributed by atoms with Gasteiger partial charge in [-0.3, -0.25) is 0 Å². The molecule has 1 aromatic carbocycles. The van der Waals surface area contributed by atoms with E-state index in [4.69, 9.17) is 10.9 Å². The summed E-state index contributed by atoms with van der Waals surface area (Å²) in [4.78, 5) is 2.40. The molecule has 1 aliphatic rings. The van der Waals surface area contributed by atoms with Crippen molar-refractivity contribution in [3.05, 3.63) is 29.3 Å². The molecule has 1 unspecified atom stereocenters. The Labute approximate surface area is 114 Å². The molecule has 1 saturated heterocycles.